The molecule has 1 aliphatic rings. The van der Waals surface area contributed by atoms with Crippen LogP contribution < -0.4 is 0 Å². The van der Waals surface area contributed by atoms with Crippen molar-refractivity contribution in [3.8, 4) is 0 Å². The standard InChI is InChI=1S/C21H18ClF2N.C2H6/c1-4-25-14(3)13(2)10-17(15-8-6-5-7-9-15)21(25)20-18(23)11-16(22)12-19(20)24;1-2/h5-12H,3-4H2,1-2H3;1-2H3. The lowest BCUT2D eigenvalue weighted by Crippen LogP contribution is -2.26. The Bertz CT molecular complexity index is 875. The van der Waals surface area contributed by atoms with Crippen LogP contribution in [0.4, 0.5) is 8.78 Å². The fraction of sp³-hybridized carbons (Fsp3) is 0.217. The van der Waals surface area contributed by atoms with Gasteiger partial charge in [0.05, 0.1) is 11.3 Å². The van der Waals surface area contributed by atoms with Crippen LogP contribution in [0.5, 0.6) is 0 Å². The zero-order chi connectivity index (χ0) is 20.1. The number of likely N-dealkylation sites (N-methyl/N-ethyl adjacent to an activating group) is 1. The normalized spacial score (nSPS) is 14.0. The average molecular weight is 388 g/mol. The summed E-state index contributed by atoms with van der Waals surface area (Å²) in [6.45, 7) is 12.5. The molecule has 0 saturated carbocycles. The van der Waals surface area contributed by atoms with E-state index in [0.717, 1.165) is 34.5 Å². The lowest BCUT2D eigenvalue weighted by Gasteiger charge is -2.34. The van der Waals surface area contributed by atoms with Crippen molar-refractivity contribution in [1.29, 1.82) is 0 Å². The first kappa shape index (κ1) is 20.9. The largest absolute Gasteiger partial charge is 0.341 e. The third-order valence-corrected chi connectivity index (χ3v) is 4.53. The predicted molar refractivity (Wildman–Crippen MR) is 111 cm³/mol. The molecule has 0 N–H and O–H groups in total. The maximum atomic E-state index is 14.7. The zero-order valence-corrected chi connectivity index (χ0v) is 16.9. The van der Waals surface area contributed by atoms with Crippen LogP contribution in [0.2, 0.25) is 5.02 Å². The van der Waals surface area contributed by atoms with Crippen molar-refractivity contribution in [2.45, 2.75) is 27.7 Å². The molecule has 1 nitrogen and oxygen atoms in total. The third-order valence-electron chi connectivity index (χ3n) is 4.31. The Labute approximate surface area is 165 Å². The van der Waals surface area contributed by atoms with Gasteiger partial charge in [0.15, 0.2) is 0 Å². The summed E-state index contributed by atoms with van der Waals surface area (Å²) < 4.78 is 29.4. The van der Waals surface area contributed by atoms with E-state index in [1.807, 2.05) is 69.0 Å². The molecule has 1 aliphatic heterocycles. The van der Waals surface area contributed by atoms with Gasteiger partial charge in [0.2, 0.25) is 0 Å². The summed E-state index contributed by atoms with van der Waals surface area (Å²) in [6.07, 6.45) is 1.92. The molecule has 142 valence electrons. The Kier molecular flexibility index (Phi) is 6.98. The summed E-state index contributed by atoms with van der Waals surface area (Å²) in [7, 11) is 0. The van der Waals surface area contributed by atoms with Crippen LogP contribution in [0.25, 0.3) is 11.3 Å². The van der Waals surface area contributed by atoms with Gasteiger partial charge in [-0.2, -0.15) is 0 Å². The second-order valence-electron chi connectivity index (χ2n) is 5.89. The topological polar surface area (TPSA) is 3.24 Å². The van der Waals surface area contributed by atoms with E-state index < -0.39 is 11.6 Å². The molecule has 2 aromatic carbocycles. The minimum absolute atomic E-state index is 0.0324. The molecular weight excluding hydrogens is 364 g/mol. The highest BCUT2D eigenvalue weighted by Crippen LogP contribution is 2.41. The third kappa shape index (κ3) is 4.14. The van der Waals surface area contributed by atoms with Crippen molar-refractivity contribution in [3.05, 3.63) is 94.2 Å². The summed E-state index contributed by atoms with van der Waals surface area (Å²) in [5, 5.41) is 0.0324. The second-order valence-corrected chi connectivity index (χ2v) is 6.33. The van der Waals surface area contributed by atoms with Crippen LogP contribution in [0.15, 0.2) is 66.4 Å². The van der Waals surface area contributed by atoms with Crippen molar-refractivity contribution >= 4 is 22.9 Å². The first-order valence-corrected chi connectivity index (χ1v) is 9.41. The molecule has 3 rings (SSSR count). The van der Waals surface area contributed by atoms with Gasteiger partial charge in [0.25, 0.3) is 0 Å². The van der Waals surface area contributed by atoms with Crippen molar-refractivity contribution in [3.63, 3.8) is 0 Å². The van der Waals surface area contributed by atoms with E-state index in [4.69, 9.17) is 11.6 Å². The Balaban J connectivity index is 0.00000126. The van der Waals surface area contributed by atoms with Crippen LogP contribution >= 0.6 is 11.6 Å². The Morgan fingerprint density at radius 2 is 1.59 bits per heavy atom. The zero-order valence-electron chi connectivity index (χ0n) is 16.1. The summed E-state index contributed by atoms with van der Waals surface area (Å²) in [6, 6.07) is 11.8. The van der Waals surface area contributed by atoms with Gasteiger partial charge in [-0.15, -0.1) is 0 Å². The minimum Gasteiger partial charge on any atom is -0.341 e. The number of halogens is 3. The van der Waals surface area contributed by atoms with Gasteiger partial charge >= 0.3 is 0 Å². The number of benzene rings is 2. The summed E-state index contributed by atoms with van der Waals surface area (Å²) >= 11 is 5.80. The Morgan fingerprint density at radius 1 is 1.04 bits per heavy atom. The molecule has 2 aromatic rings. The fourth-order valence-corrected chi connectivity index (χ4v) is 3.28. The summed E-state index contributed by atoms with van der Waals surface area (Å²) in [5.74, 6) is -1.37. The Hall–Kier alpha value is -2.39. The molecule has 0 unspecified atom stereocenters. The molecule has 1 heterocycles. The van der Waals surface area contributed by atoms with Gasteiger partial charge in [-0.05, 0) is 43.2 Å². The molecule has 0 fully saturated rings. The molecule has 0 aromatic heterocycles. The van der Waals surface area contributed by atoms with E-state index in [2.05, 4.69) is 6.58 Å². The first-order chi connectivity index (χ1) is 12.9. The molecule has 0 radical (unpaired) electrons. The highest BCUT2D eigenvalue weighted by atomic mass is 35.5. The number of nitrogens with zero attached hydrogens (tertiary/aromatic N) is 1. The van der Waals surface area contributed by atoms with E-state index in [1.165, 1.54) is 0 Å². The lowest BCUT2D eigenvalue weighted by atomic mass is 9.91. The van der Waals surface area contributed by atoms with Crippen molar-refractivity contribution in [1.82, 2.24) is 4.90 Å². The Morgan fingerprint density at radius 3 is 2.11 bits per heavy atom. The number of rotatable bonds is 3. The number of hydrogen-bond donors (Lipinski definition) is 0. The van der Waals surface area contributed by atoms with E-state index in [9.17, 15) is 8.78 Å². The predicted octanol–water partition coefficient (Wildman–Crippen LogP) is 7.31. The van der Waals surface area contributed by atoms with Gasteiger partial charge in [0, 0.05) is 22.8 Å². The molecule has 0 aliphatic carbocycles. The van der Waals surface area contributed by atoms with E-state index in [1.54, 1.807) is 0 Å². The smallest absolute Gasteiger partial charge is 0.136 e. The SMILES string of the molecule is C=C1C(C)=CC(c2ccccc2)=C(c2c(F)cc(Cl)cc2F)N1CC.CC. The van der Waals surface area contributed by atoms with E-state index in [-0.39, 0.29) is 10.6 Å². The average Bonchev–Trinajstić information content (AvgIpc) is 2.66. The monoisotopic (exact) mass is 387 g/mol. The summed E-state index contributed by atoms with van der Waals surface area (Å²) in [4.78, 5) is 1.84. The maximum Gasteiger partial charge on any atom is 0.136 e. The fourth-order valence-electron chi connectivity index (χ4n) is 3.09. The molecule has 0 amide bonds. The molecule has 0 bridgehead atoms. The molecule has 0 spiro atoms. The van der Waals surface area contributed by atoms with Crippen LogP contribution in [-0.4, -0.2) is 11.4 Å². The molecule has 4 heteroatoms. The van der Waals surface area contributed by atoms with Crippen molar-refractivity contribution < 1.29 is 8.78 Å². The number of allylic oxidation sites excluding steroid dienone is 3. The van der Waals surface area contributed by atoms with E-state index >= 15 is 0 Å². The van der Waals surface area contributed by atoms with Crippen molar-refractivity contribution in [2.24, 2.45) is 0 Å². The maximum absolute atomic E-state index is 14.7. The van der Waals surface area contributed by atoms with Crippen LogP contribution in [0.1, 0.15) is 38.8 Å². The number of hydrogen-bond acceptors (Lipinski definition) is 1. The summed E-state index contributed by atoms with van der Waals surface area (Å²) in [5.41, 5.74) is 3.71. The van der Waals surface area contributed by atoms with Crippen LogP contribution in [0.3, 0.4) is 0 Å². The van der Waals surface area contributed by atoms with Gasteiger partial charge < -0.3 is 4.90 Å². The quantitative estimate of drug-likeness (QED) is 0.533. The van der Waals surface area contributed by atoms with Gasteiger partial charge in [-0.3, -0.25) is 0 Å². The van der Waals surface area contributed by atoms with Crippen LogP contribution in [-0.2, 0) is 0 Å². The van der Waals surface area contributed by atoms with E-state index in [0.29, 0.717) is 12.2 Å². The molecule has 27 heavy (non-hydrogen) atoms. The lowest BCUT2D eigenvalue weighted by molar-refractivity contribution is 0.504. The first-order valence-electron chi connectivity index (χ1n) is 9.03. The van der Waals surface area contributed by atoms with Gasteiger partial charge in [0.1, 0.15) is 11.6 Å². The highest BCUT2D eigenvalue weighted by molar-refractivity contribution is 6.30. The molecular formula is C23H24ClF2N. The molecule has 0 saturated heterocycles. The van der Waals surface area contributed by atoms with Gasteiger partial charge in [-0.25, -0.2) is 8.78 Å². The molecule has 0 atom stereocenters. The van der Waals surface area contributed by atoms with Crippen molar-refractivity contribution in [2.75, 3.05) is 6.54 Å². The minimum atomic E-state index is -0.687. The van der Waals surface area contributed by atoms with Gasteiger partial charge in [-0.1, -0.05) is 62.4 Å². The highest BCUT2D eigenvalue weighted by Gasteiger charge is 2.28. The second kappa shape index (κ2) is 9.01. The van der Waals surface area contributed by atoms with Crippen LogP contribution in [0, 0.1) is 11.6 Å².